The van der Waals surface area contributed by atoms with Crippen molar-refractivity contribution in [2.45, 2.75) is 46.1 Å². The minimum Gasteiger partial charge on any atom is -0.330 e. The molecule has 1 fully saturated rings. The molecule has 0 amide bonds. The molecular formula is C12H20N4O2. The number of hydrazone groups is 2. The third-order valence-electron chi connectivity index (χ3n) is 3.53. The van der Waals surface area contributed by atoms with Crippen LogP contribution >= 0.6 is 0 Å². The molecule has 0 aromatic rings. The van der Waals surface area contributed by atoms with Crippen molar-refractivity contribution in [1.29, 1.82) is 0 Å². The molecule has 0 saturated heterocycles. The van der Waals surface area contributed by atoms with Crippen LogP contribution in [-0.4, -0.2) is 29.9 Å². The highest BCUT2D eigenvalue weighted by molar-refractivity contribution is 5.34. The number of nitrogens with two attached hydrogens (primary N) is 1. The number of nitrogens with zero attached hydrogens (tertiary/aromatic N) is 3. The van der Waals surface area contributed by atoms with Crippen LogP contribution in [0.15, 0.2) is 10.2 Å². The summed E-state index contributed by atoms with van der Waals surface area (Å²) in [6.07, 6.45) is 5.37. The topological polar surface area (TPSA) is 88.1 Å². The largest absolute Gasteiger partial charge is 0.330 e. The van der Waals surface area contributed by atoms with Gasteiger partial charge in [0.2, 0.25) is 0 Å². The van der Waals surface area contributed by atoms with Gasteiger partial charge in [0.1, 0.15) is 0 Å². The standard InChI is InChI=1S/C12H20N4O2/c1-11(2)4-10(5-12(3,6-11)7-13)16(14-8-17)15-9-18/h10H,4-7,13H2,1-3H3. The zero-order valence-corrected chi connectivity index (χ0v) is 11.1. The summed E-state index contributed by atoms with van der Waals surface area (Å²) in [6, 6.07) is -0.120. The van der Waals surface area contributed by atoms with Crippen LogP contribution in [0.5, 0.6) is 0 Å². The van der Waals surface area contributed by atoms with Crippen molar-refractivity contribution in [2.24, 2.45) is 26.8 Å². The molecule has 1 aliphatic carbocycles. The first-order valence-electron chi connectivity index (χ1n) is 6.01. The van der Waals surface area contributed by atoms with E-state index in [1.54, 1.807) is 0 Å². The van der Waals surface area contributed by atoms with Crippen LogP contribution in [-0.2, 0) is 9.59 Å². The van der Waals surface area contributed by atoms with E-state index in [0.717, 1.165) is 24.4 Å². The molecule has 0 radical (unpaired) electrons. The first-order valence-corrected chi connectivity index (χ1v) is 6.01. The van der Waals surface area contributed by atoms with Gasteiger partial charge in [0.15, 0.2) is 0 Å². The van der Waals surface area contributed by atoms with E-state index < -0.39 is 0 Å². The number of hydrogen-bond acceptors (Lipinski definition) is 6. The molecule has 1 rings (SSSR count). The molecule has 2 unspecified atom stereocenters. The fourth-order valence-corrected chi connectivity index (χ4v) is 3.17. The molecule has 0 bridgehead atoms. The smallest absolute Gasteiger partial charge is 0.260 e. The summed E-state index contributed by atoms with van der Waals surface area (Å²) >= 11 is 0. The van der Waals surface area contributed by atoms with Gasteiger partial charge in [-0.3, -0.25) is 0 Å². The lowest BCUT2D eigenvalue weighted by molar-refractivity contribution is 0.0213. The molecule has 6 nitrogen and oxygen atoms in total. The molecule has 0 aromatic heterocycles. The number of hydrogen-bond donors (Lipinski definition) is 1. The van der Waals surface area contributed by atoms with E-state index in [1.165, 1.54) is 12.2 Å². The SMILES string of the molecule is CC1(C)CC(N(N=C=O)N=C=O)CC(C)(CN)C1. The Labute approximate surface area is 107 Å². The highest BCUT2D eigenvalue weighted by Gasteiger charge is 2.42. The van der Waals surface area contributed by atoms with Gasteiger partial charge in [-0.1, -0.05) is 31.0 Å². The molecule has 100 valence electrons. The van der Waals surface area contributed by atoms with Crippen molar-refractivity contribution in [2.75, 3.05) is 6.54 Å². The van der Waals surface area contributed by atoms with E-state index in [1.807, 2.05) is 0 Å². The van der Waals surface area contributed by atoms with Crippen molar-refractivity contribution in [3.63, 3.8) is 0 Å². The monoisotopic (exact) mass is 252 g/mol. The highest BCUT2D eigenvalue weighted by Crippen LogP contribution is 2.46. The van der Waals surface area contributed by atoms with Gasteiger partial charge in [0, 0.05) is 0 Å². The first kappa shape index (κ1) is 14.6. The quantitative estimate of drug-likeness (QED) is 0.464. The second kappa shape index (κ2) is 5.44. The zero-order valence-electron chi connectivity index (χ0n) is 11.1. The van der Waals surface area contributed by atoms with Crippen LogP contribution < -0.4 is 5.73 Å². The lowest BCUT2D eigenvalue weighted by Crippen LogP contribution is -2.46. The van der Waals surface area contributed by atoms with Crippen LogP contribution in [0.2, 0.25) is 0 Å². The van der Waals surface area contributed by atoms with Crippen molar-refractivity contribution < 1.29 is 9.59 Å². The fourth-order valence-electron chi connectivity index (χ4n) is 3.17. The molecule has 6 heteroatoms. The second-order valence-corrected chi connectivity index (χ2v) is 6.12. The normalized spacial score (nSPS) is 29.9. The van der Waals surface area contributed by atoms with E-state index in [0.29, 0.717) is 6.54 Å². The van der Waals surface area contributed by atoms with Crippen LogP contribution in [0.4, 0.5) is 0 Å². The van der Waals surface area contributed by atoms with Crippen LogP contribution in [0.3, 0.4) is 0 Å². The minimum atomic E-state index is -0.120. The van der Waals surface area contributed by atoms with Crippen LogP contribution in [0, 0.1) is 10.8 Å². The van der Waals surface area contributed by atoms with E-state index in [-0.39, 0.29) is 16.9 Å². The molecule has 18 heavy (non-hydrogen) atoms. The van der Waals surface area contributed by atoms with Crippen molar-refractivity contribution in [1.82, 2.24) is 5.12 Å². The average Bonchev–Trinajstić information content (AvgIpc) is 2.26. The molecule has 0 aliphatic heterocycles. The van der Waals surface area contributed by atoms with Gasteiger partial charge in [-0.05, 0) is 36.6 Å². The molecule has 2 atom stereocenters. The maximum atomic E-state index is 10.4. The maximum Gasteiger partial charge on any atom is 0.260 e. The van der Waals surface area contributed by atoms with E-state index in [9.17, 15) is 9.59 Å². The predicted molar refractivity (Wildman–Crippen MR) is 66.7 cm³/mol. The lowest BCUT2D eigenvalue weighted by Gasteiger charge is -2.46. The molecule has 0 heterocycles. The van der Waals surface area contributed by atoms with Gasteiger partial charge in [-0.2, -0.15) is 5.12 Å². The minimum absolute atomic E-state index is 0.0402. The Morgan fingerprint density at radius 2 is 1.78 bits per heavy atom. The molecule has 1 saturated carbocycles. The fraction of sp³-hybridized carbons (Fsp3) is 0.833. The van der Waals surface area contributed by atoms with Crippen molar-refractivity contribution in [3.8, 4) is 0 Å². The summed E-state index contributed by atoms with van der Waals surface area (Å²) in [5.74, 6) is 0. The van der Waals surface area contributed by atoms with E-state index >= 15 is 0 Å². The Balaban J connectivity index is 3.00. The van der Waals surface area contributed by atoms with Crippen LogP contribution in [0.1, 0.15) is 40.0 Å². The zero-order chi connectivity index (χ0) is 13.8. The summed E-state index contributed by atoms with van der Waals surface area (Å²) in [5.41, 5.74) is 5.86. The summed E-state index contributed by atoms with van der Waals surface area (Å²) < 4.78 is 0. The van der Waals surface area contributed by atoms with E-state index in [4.69, 9.17) is 5.73 Å². The summed E-state index contributed by atoms with van der Waals surface area (Å²) in [7, 11) is 0. The Hall–Kier alpha value is -1.48. The first-order chi connectivity index (χ1) is 8.36. The Morgan fingerprint density at radius 1 is 1.22 bits per heavy atom. The van der Waals surface area contributed by atoms with E-state index in [2.05, 4.69) is 31.0 Å². The van der Waals surface area contributed by atoms with Gasteiger partial charge < -0.3 is 5.73 Å². The Morgan fingerprint density at radius 3 is 2.22 bits per heavy atom. The van der Waals surface area contributed by atoms with Gasteiger partial charge in [-0.15, -0.1) is 0 Å². The summed E-state index contributed by atoms with van der Waals surface area (Å²) in [5, 5.41) is 8.04. The highest BCUT2D eigenvalue weighted by atomic mass is 16.1. The molecular weight excluding hydrogens is 232 g/mol. The van der Waals surface area contributed by atoms with Crippen LogP contribution in [0.25, 0.3) is 0 Å². The third-order valence-corrected chi connectivity index (χ3v) is 3.53. The predicted octanol–water partition coefficient (Wildman–Crippen LogP) is 1.33. The Kier molecular flexibility index (Phi) is 4.41. The van der Waals surface area contributed by atoms with Gasteiger partial charge in [0.25, 0.3) is 12.2 Å². The molecule has 2 N–H and O–H groups in total. The number of rotatable bonds is 4. The maximum absolute atomic E-state index is 10.4. The number of isocyanates is 2. The average molecular weight is 252 g/mol. The van der Waals surface area contributed by atoms with Crippen molar-refractivity contribution in [3.05, 3.63) is 0 Å². The summed E-state index contributed by atoms with van der Waals surface area (Å²) in [4.78, 5) is 20.8. The van der Waals surface area contributed by atoms with Gasteiger partial charge in [-0.25, -0.2) is 9.59 Å². The lowest BCUT2D eigenvalue weighted by atomic mass is 9.63. The molecule has 0 spiro atoms. The summed E-state index contributed by atoms with van der Waals surface area (Å²) in [6.45, 7) is 6.94. The van der Waals surface area contributed by atoms with Gasteiger partial charge in [0.05, 0.1) is 6.04 Å². The third kappa shape index (κ3) is 3.50. The van der Waals surface area contributed by atoms with Crippen molar-refractivity contribution >= 4 is 12.2 Å². The number of carbonyl (C=O) groups excluding carboxylic acids is 2. The Bertz CT molecular complexity index is 379. The second-order valence-electron chi connectivity index (χ2n) is 6.12. The molecule has 1 aliphatic rings. The molecule has 0 aromatic carbocycles. The van der Waals surface area contributed by atoms with Gasteiger partial charge >= 0.3 is 0 Å².